The van der Waals surface area contributed by atoms with Crippen molar-refractivity contribution in [3.8, 4) is 22.8 Å². The van der Waals surface area contributed by atoms with Crippen LogP contribution in [0.5, 0.6) is 0 Å². The Kier molecular flexibility index (Phi) is 2.32. The summed E-state index contributed by atoms with van der Waals surface area (Å²) in [5.74, 6) is 1.04. The molecule has 0 fully saturated rings. The number of nitrogens with zero attached hydrogens (tertiary/aromatic N) is 5. The molecule has 0 saturated carbocycles. The molecule has 0 amide bonds. The zero-order valence-corrected chi connectivity index (χ0v) is 10.3. The van der Waals surface area contributed by atoms with Crippen molar-refractivity contribution in [2.24, 2.45) is 0 Å². The minimum Gasteiger partial charge on any atom is -0.334 e. The number of fused-ring (bicyclic) bond motifs is 1. The Morgan fingerprint density at radius 3 is 2.80 bits per heavy atom. The average molecular weight is 263 g/mol. The van der Waals surface area contributed by atoms with Crippen LogP contribution < -0.4 is 0 Å². The lowest BCUT2D eigenvalue weighted by Crippen LogP contribution is -1.85. The van der Waals surface area contributed by atoms with Crippen LogP contribution in [0.3, 0.4) is 0 Å². The molecule has 3 heterocycles. The van der Waals surface area contributed by atoms with Gasteiger partial charge in [-0.15, -0.1) is 10.2 Å². The Hall–Kier alpha value is -3.02. The van der Waals surface area contributed by atoms with Crippen LogP contribution in [0.25, 0.3) is 28.5 Å². The number of hydrogen-bond acceptors (Lipinski definition) is 5. The van der Waals surface area contributed by atoms with Gasteiger partial charge < -0.3 is 4.52 Å². The molecule has 1 aromatic carbocycles. The molecule has 0 aliphatic rings. The standard InChI is InChI=1S/C14H9N5O/c1-2-4-10(5-3-1)13-16-14(20-18-13)11-6-7-19-9-15-17-12(19)8-11/h1-9H. The van der Waals surface area contributed by atoms with Crippen molar-refractivity contribution in [3.05, 3.63) is 55.0 Å². The Balaban J connectivity index is 1.77. The van der Waals surface area contributed by atoms with Gasteiger partial charge in [-0.2, -0.15) is 4.98 Å². The highest BCUT2D eigenvalue weighted by atomic mass is 16.5. The first-order valence-electron chi connectivity index (χ1n) is 6.09. The van der Waals surface area contributed by atoms with Gasteiger partial charge in [0.2, 0.25) is 5.82 Å². The summed E-state index contributed by atoms with van der Waals surface area (Å²) in [7, 11) is 0. The van der Waals surface area contributed by atoms with Gasteiger partial charge in [0.25, 0.3) is 5.89 Å². The first-order chi connectivity index (χ1) is 9.90. The molecular weight excluding hydrogens is 254 g/mol. The number of hydrogen-bond donors (Lipinski definition) is 0. The minimum atomic E-state index is 0.467. The fraction of sp³-hybridized carbons (Fsp3) is 0. The topological polar surface area (TPSA) is 69.1 Å². The van der Waals surface area contributed by atoms with Crippen molar-refractivity contribution in [2.45, 2.75) is 0 Å². The number of pyridine rings is 1. The molecule has 0 saturated heterocycles. The van der Waals surface area contributed by atoms with E-state index in [2.05, 4.69) is 20.3 Å². The number of benzene rings is 1. The van der Waals surface area contributed by atoms with Crippen LogP contribution in [-0.4, -0.2) is 24.7 Å². The Morgan fingerprint density at radius 2 is 1.90 bits per heavy atom. The second-order valence-electron chi connectivity index (χ2n) is 4.30. The van der Waals surface area contributed by atoms with Crippen molar-refractivity contribution >= 4 is 5.65 Å². The van der Waals surface area contributed by atoms with Crippen molar-refractivity contribution < 1.29 is 4.52 Å². The second-order valence-corrected chi connectivity index (χ2v) is 4.30. The van der Waals surface area contributed by atoms with Crippen LogP contribution in [0.2, 0.25) is 0 Å². The summed E-state index contributed by atoms with van der Waals surface area (Å²) < 4.78 is 7.13. The maximum atomic E-state index is 5.31. The lowest BCUT2D eigenvalue weighted by atomic mass is 10.2. The van der Waals surface area contributed by atoms with Gasteiger partial charge >= 0.3 is 0 Å². The Bertz CT molecular complexity index is 865. The highest BCUT2D eigenvalue weighted by Gasteiger charge is 2.11. The van der Waals surface area contributed by atoms with E-state index >= 15 is 0 Å². The second kappa shape index (κ2) is 4.27. The smallest absolute Gasteiger partial charge is 0.258 e. The van der Waals surface area contributed by atoms with E-state index in [1.54, 1.807) is 6.33 Å². The Labute approximate surface area is 113 Å². The van der Waals surface area contributed by atoms with Crippen LogP contribution in [0.1, 0.15) is 0 Å². The summed E-state index contributed by atoms with van der Waals surface area (Å²) >= 11 is 0. The molecule has 3 aromatic heterocycles. The molecule has 4 rings (SSSR count). The van der Waals surface area contributed by atoms with Gasteiger partial charge in [-0.3, -0.25) is 4.40 Å². The summed E-state index contributed by atoms with van der Waals surface area (Å²) in [6.45, 7) is 0. The highest BCUT2D eigenvalue weighted by Crippen LogP contribution is 2.22. The molecule has 6 nitrogen and oxygen atoms in total. The molecule has 0 atom stereocenters. The van der Waals surface area contributed by atoms with Crippen molar-refractivity contribution in [3.63, 3.8) is 0 Å². The molecule has 6 heteroatoms. The summed E-state index contributed by atoms with van der Waals surface area (Å²) in [4.78, 5) is 4.41. The van der Waals surface area contributed by atoms with Gasteiger partial charge in [-0.25, -0.2) is 0 Å². The molecule has 0 unspecified atom stereocenters. The van der Waals surface area contributed by atoms with E-state index in [1.165, 1.54) is 0 Å². The van der Waals surface area contributed by atoms with E-state index in [0.29, 0.717) is 11.7 Å². The molecule has 0 radical (unpaired) electrons. The van der Waals surface area contributed by atoms with Crippen molar-refractivity contribution in [2.75, 3.05) is 0 Å². The fourth-order valence-electron chi connectivity index (χ4n) is 2.00. The molecule has 96 valence electrons. The van der Waals surface area contributed by atoms with Gasteiger partial charge in [0.05, 0.1) is 0 Å². The van der Waals surface area contributed by atoms with E-state index < -0.39 is 0 Å². The van der Waals surface area contributed by atoms with Gasteiger partial charge in [-0.05, 0) is 12.1 Å². The zero-order chi connectivity index (χ0) is 13.4. The molecule has 0 spiro atoms. The van der Waals surface area contributed by atoms with Crippen molar-refractivity contribution in [1.29, 1.82) is 0 Å². The van der Waals surface area contributed by atoms with E-state index in [4.69, 9.17) is 4.52 Å². The summed E-state index contributed by atoms with van der Waals surface area (Å²) in [6, 6.07) is 13.4. The van der Waals surface area contributed by atoms with Crippen LogP contribution in [0.4, 0.5) is 0 Å². The SMILES string of the molecule is c1ccc(-c2noc(-c3ccn4cnnc4c3)n2)cc1. The fourth-order valence-corrected chi connectivity index (χ4v) is 2.00. The molecule has 0 aliphatic carbocycles. The summed E-state index contributed by atoms with van der Waals surface area (Å²) in [6.07, 6.45) is 3.50. The van der Waals surface area contributed by atoms with Crippen molar-refractivity contribution in [1.82, 2.24) is 24.7 Å². The highest BCUT2D eigenvalue weighted by molar-refractivity contribution is 5.62. The van der Waals surface area contributed by atoms with Gasteiger partial charge in [-0.1, -0.05) is 35.5 Å². The predicted octanol–water partition coefficient (Wildman–Crippen LogP) is 2.45. The molecule has 4 aromatic rings. The zero-order valence-electron chi connectivity index (χ0n) is 10.3. The predicted molar refractivity (Wildman–Crippen MR) is 71.7 cm³/mol. The van der Waals surface area contributed by atoms with Gasteiger partial charge in [0.1, 0.15) is 6.33 Å². The lowest BCUT2D eigenvalue weighted by molar-refractivity contribution is 0.432. The quantitative estimate of drug-likeness (QED) is 0.555. The van der Waals surface area contributed by atoms with Gasteiger partial charge in [0.15, 0.2) is 5.65 Å². The molecule has 20 heavy (non-hydrogen) atoms. The third-order valence-electron chi connectivity index (χ3n) is 3.01. The van der Waals surface area contributed by atoms with E-state index in [-0.39, 0.29) is 0 Å². The number of aromatic nitrogens is 5. The summed E-state index contributed by atoms with van der Waals surface area (Å²) in [5, 5.41) is 11.8. The molecule has 0 bridgehead atoms. The lowest BCUT2D eigenvalue weighted by Gasteiger charge is -1.95. The number of rotatable bonds is 2. The minimum absolute atomic E-state index is 0.467. The third-order valence-corrected chi connectivity index (χ3v) is 3.01. The van der Waals surface area contributed by atoms with E-state index in [9.17, 15) is 0 Å². The molecule has 0 N–H and O–H groups in total. The van der Waals surface area contributed by atoms with E-state index in [1.807, 2.05) is 53.1 Å². The maximum Gasteiger partial charge on any atom is 0.258 e. The normalized spacial score (nSPS) is 11.0. The Morgan fingerprint density at radius 1 is 1.00 bits per heavy atom. The molecule has 0 aliphatic heterocycles. The third kappa shape index (κ3) is 1.74. The monoisotopic (exact) mass is 263 g/mol. The first kappa shape index (κ1) is 10.9. The van der Waals surface area contributed by atoms with Crippen LogP contribution in [0.15, 0.2) is 59.5 Å². The van der Waals surface area contributed by atoms with Gasteiger partial charge in [0, 0.05) is 17.3 Å². The van der Waals surface area contributed by atoms with Crippen LogP contribution >= 0.6 is 0 Å². The maximum absolute atomic E-state index is 5.31. The largest absolute Gasteiger partial charge is 0.334 e. The first-order valence-corrected chi connectivity index (χ1v) is 6.09. The average Bonchev–Trinajstić information content (AvgIpc) is 3.16. The van der Waals surface area contributed by atoms with Crippen LogP contribution in [-0.2, 0) is 0 Å². The van der Waals surface area contributed by atoms with E-state index in [0.717, 1.165) is 16.8 Å². The van der Waals surface area contributed by atoms with Crippen LogP contribution in [0, 0.1) is 0 Å². The summed E-state index contributed by atoms with van der Waals surface area (Å²) in [5.41, 5.74) is 2.48. The molecular formula is C14H9N5O.